The average Bonchev–Trinajstić information content (AvgIpc) is 3.81. The SMILES string of the molecule is CC(=O)/C=C(/C)O.[Ir].[c-]1cc2c(cc1-c1cc(CC3CCCC3)ccn1)c1cccc3c4cc5c(cc4n2c13)oc1ccccc15. The standard InChI is InChI=1S/C35H25N2O.C5H8O2.Ir/c1-2-7-21(6-1)16-22-14-15-36-30(17-22)23-12-13-31-27(18-23)25-9-5-10-26-28-19-29-24-8-3-4-11-33(24)38-34(29)20-32(28)37(31)35(25)26;1-4(6)3-5(2)7;/h3-5,8-11,13-15,17-21H,1-2,6-7,16H2;3,6H,1-2H3;/q-1;;/b;4-3-;. The number of carbonyl (C=O) groups is 1. The van der Waals surface area contributed by atoms with Crippen LogP contribution in [0.5, 0.6) is 0 Å². The van der Waals surface area contributed by atoms with Gasteiger partial charge < -0.3 is 18.9 Å². The summed E-state index contributed by atoms with van der Waals surface area (Å²) in [6.45, 7) is 2.85. The monoisotopic (exact) mass is 782 g/mol. The Hall–Kier alpha value is -4.51. The molecule has 9 rings (SSSR count). The molecule has 0 bridgehead atoms. The van der Waals surface area contributed by atoms with Crippen molar-refractivity contribution in [3.8, 4) is 11.3 Å². The summed E-state index contributed by atoms with van der Waals surface area (Å²) in [6.07, 6.45) is 9.78. The number of hydrogen-bond acceptors (Lipinski definition) is 4. The van der Waals surface area contributed by atoms with Crippen molar-refractivity contribution < 1.29 is 34.4 Å². The van der Waals surface area contributed by atoms with Gasteiger partial charge in [0.15, 0.2) is 5.78 Å². The van der Waals surface area contributed by atoms with E-state index in [1.807, 2.05) is 18.3 Å². The van der Waals surface area contributed by atoms with Gasteiger partial charge in [-0.1, -0.05) is 79.1 Å². The summed E-state index contributed by atoms with van der Waals surface area (Å²) in [5.41, 5.74) is 8.94. The van der Waals surface area contributed by atoms with E-state index < -0.39 is 0 Å². The molecule has 1 radical (unpaired) electrons. The molecule has 4 aromatic carbocycles. The van der Waals surface area contributed by atoms with E-state index in [4.69, 9.17) is 14.5 Å². The Morgan fingerprint density at radius 3 is 2.37 bits per heavy atom. The number of aromatic nitrogens is 2. The molecule has 0 amide bonds. The summed E-state index contributed by atoms with van der Waals surface area (Å²) in [6, 6.07) is 32.0. The third kappa shape index (κ3) is 5.16. The van der Waals surface area contributed by atoms with Gasteiger partial charge in [0, 0.05) is 65.5 Å². The van der Waals surface area contributed by atoms with Crippen LogP contribution in [0.3, 0.4) is 0 Å². The number of para-hydroxylation sites is 2. The Morgan fingerprint density at radius 2 is 1.63 bits per heavy atom. The number of ketones is 1. The Kier molecular flexibility index (Phi) is 7.88. The molecule has 0 saturated heterocycles. The first-order chi connectivity index (χ1) is 21.9. The Bertz CT molecular complexity index is 2420. The molecule has 46 heavy (non-hydrogen) atoms. The Labute approximate surface area is 280 Å². The molecule has 5 nitrogen and oxygen atoms in total. The first kappa shape index (κ1) is 30.2. The molecule has 0 aliphatic heterocycles. The maximum atomic E-state index is 10.0. The number of benzene rings is 4. The molecule has 1 N–H and O–H groups in total. The van der Waals surface area contributed by atoms with Gasteiger partial charge in [0.25, 0.3) is 0 Å². The molecule has 0 unspecified atom stereocenters. The van der Waals surface area contributed by atoms with Crippen LogP contribution >= 0.6 is 0 Å². The number of furan rings is 1. The van der Waals surface area contributed by atoms with E-state index in [9.17, 15) is 4.79 Å². The van der Waals surface area contributed by atoms with Gasteiger partial charge in [0.05, 0.1) is 11.3 Å². The van der Waals surface area contributed by atoms with Gasteiger partial charge in [-0.25, -0.2) is 0 Å². The van der Waals surface area contributed by atoms with E-state index in [1.54, 1.807) is 0 Å². The Morgan fingerprint density at radius 1 is 0.891 bits per heavy atom. The molecule has 1 aliphatic carbocycles. The summed E-state index contributed by atoms with van der Waals surface area (Å²) < 4.78 is 8.66. The zero-order valence-electron chi connectivity index (χ0n) is 25.8. The second-order valence-corrected chi connectivity index (χ2v) is 12.4. The number of pyridine rings is 1. The summed E-state index contributed by atoms with van der Waals surface area (Å²) in [5.74, 6) is 0.761. The number of aliphatic hydroxyl groups is 1. The van der Waals surface area contributed by atoms with Crippen molar-refractivity contribution in [1.82, 2.24) is 9.38 Å². The fraction of sp³-hybridized carbons (Fsp3) is 0.200. The number of nitrogens with zero attached hydrogens (tertiary/aromatic N) is 2. The van der Waals surface area contributed by atoms with Crippen LogP contribution < -0.4 is 0 Å². The second-order valence-electron chi connectivity index (χ2n) is 12.4. The van der Waals surface area contributed by atoms with Crippen molar-refractivity contribution in [3.05, 3.63) is 109 Å². The number of rotatable bonds is 4. The maximum Gasteiger partial charge on any atom is 0.155 e. The van der Waals surface area contributed by atoms with Crippen LogP contribution in [0.4, 0.5) is 0 Å². The third-order valence-corrected chi connectivity index (χ3v) is 9.26. The topological polar surface area (TPSA) is 67.7 Å². The van der Waals surface area contributed by atoms with Crippen molar-refractivity contribution in [1.29, 1.82) is 0 Å². The van der Waals surface area contributed by atoms with Crippen LogP contribution in [0, 0.1) is 12.0 Å². The average molecular weight is 782 g/mol. The van der Waals surface area contributed by atoms with Crippen LogP contribution in [-0.2, 0) is 31.3 Å². The number of allylic oxidation sites excluding steroid dienone is 2. The molecule has 8 aromatic rings. The van der Waals surface area contributed by atoms with Crippen molar-refractivity contribution >= 4 is 65.8 Å². The molecule has 4 heterocycles. The van der Waals surface area contributed by atoms with Gasteiger partial charge in [-0.05, 0) is 61.0 Å². The molecule has 0 atom stereocenters. The van der Waals surface area contributed by atoms with Gasteiger partial charge in [-0.15, -0.1) is 23.8 Å². The number of aliphatic hydroxyl groups excluding tert-OH is 1. The van der Waals surface area contributed by atoms with Crippen LogP contribution in [-0.4, -0.2) is 20.3 Å². The van der Waals surface area contributed by atoms with Crippen molar-refractivity contribution in [3.63, 3.8) is 0 Å². The molecule has 4 aromatic heterocycles. The van der Waals surface area contributed by atoms with E-state index in [0.29, 0.717) is 0 Å². The summed E-state index contributed by atoms with van der Waals surface area (Å²) >= 11 is 0. The van der Waals surface area contributed by atoms with Crippen LogP contribution in [0.1, 0.15) is 45.1 Å². The van der Waals surface area contributed by atoms with Crippen LogP contribution in [0.25, 0.3) is 71.3 Å². The van der Waals surface area contributed by atoms with Gasteiger partial charge in [-0.3, -0.25) is 4.79 Å². The molecule has 6 heteroatoms. The first-order valence-electron chi connectivity index (χ1n) is 15.7. The van der Waals surface area contributed by atoms with Gasteiger partial charge in [-0.2, -0.15) is 0 Å². The molecular weight excluding hydrogens is 749 g/mol. The van der Waals surface area contributed by atoms with Gasteiger partial charge in [0.2, 0.25) is 0 Å². The van der Waals surface area contributed by atoms with E-state index in [0.717, 1.165) is 34.8 Å². The van der Waals surface area contributed by atoms with Crippen molar-refractivity contribution in [2.24, 2.45) is 5.92 Å². The Balaban J connectivity index is 0.000000384. The molecular formula is C40H33IrN2O3-. The molecule has 1 saturated carbocycles. The number of carbonyl (C=O) groups excluding carboxylic acids is 1. The fourth-order valence-electron chi connectivity index (χ4n) is 7.37. The maximum absolute atomic E-state index is 10.0. The van der Waals surface area contributed by atoms with E-state index in [1.165, 1.54) is 100 Å². The molecule has 1 aliphatic rings. The number of fused-ring (bicyclic) bond motifs is 9. The fourth-order valence-corrected chi connectivity index (χ4v) is 7.37. The van der Waals surface area contributed by atoms with Crippen molar-refractivity contribution in [2.45, 2.75) is 46.0 Å². The normalized spacial score (nSPS) is 14.1. The summed E-state index contributed by atoms with van der Waals surface area (Å²) in [4.78, 5) is 14.8. The second kappa shape index (κ2) is 12.0. The van der Waals surface area contributed by atoms with E-state index in [-0.39, 0.29) is 31.6 Å². The predicted octanol–water partition coefficient (Wildman–Crippen LogP) is 10.4. The van der Waals surface area contributed by atoms with E-state index >= 15 is 0 Å². The molecule has 0 spiro atoms. The predicted molar refractivity (Wildman–Crippen MR) is 183 cm³/mol. The van der Waals surface area contributed by atoms with Crippen LogP contribution in [0.2, 0.25) is 0 Å². The number of hydrogen-bond donors (Lipinski definition) is 1. The van der Waals surface area contributed by atoms with Gasteiger partial charge in [0.1, 0.15) is 11.2 Å². The molecule has 231 valence electrons. The smallest absolute Gasteiger partial charge is 0.155 e. The zero-order valence-corrected chi connectivity index (χ0v) is 28.2. The third-order valence-electron chi connectivity index (χ3n) is 9.26. The minimum absolute atomic E-state index is 0. The summed E-state index contributed by atoms with van der Waals surface area (Å²) in [7, 11) is 0. The minimum Gasteiger partial charge on any atom is -0.512 e. The van der Waals surface area contributed by atoms with Crippen LogP contribution in [0.15, 0.2) is 101 Å². The van der Waals surface area contributed by atoms with Gasteiger partial charge >= 0.3 is 0 Å². The summed E-state index contributed by atoms with van der Waals surface area (Å²) in [5, 5.41) is 15.8. The first-order valence-corrected chi connectivity index (χ1v) is 15.7. The largest absolute Gasteiger partial charge is 0.512 e. The van der Waals surface area contributed by atoms with Crippen molar-refractivity contribution in [2.75, 3.05) is 0 Å². The van der Waals surface area contributed by atoms with E-state index in [2.05, 4.69) is 77.2 Å². The zero-order chi connectivity index (χ0) is 30.7. The minimum atomic E-state index is -0.125. The molecule has 1 fully saturated rings. The quantitative estimate of drug-likeness (QED) is 0.110.